The van der Waals surface area contributed by atoms with E-state index in [1.807, 2.05) is 20.8 Å². The lowest BCUT2D eigenvalue weighted by Crippen LogP contribution is -2.33. The Labute approximate surface area is 125 Å². The number of hydrogen-bond donors (Lipinski definition) is 2. The highest BCUT2D eigenvalue weighted by Crippen LogP contribution is 2.15. The molecular formula is C16H24N2O3. The Hall–Kier alpha value is -1.88. The van der Waals surface area contributed by atoms with Crippen LogP contribution in [0.1, 0.15) is 37.6 Å². The fourth-order valence-corrected chi connectivity index (χ4v) is 1.88. The van der Waals surface area contributed by atoms with Gasteiger partial charge in [-0.05, 0) is 36.6 Å². The van der Waals surface area contributed by atoms with Crippen molar-refractivity contribution in [1.82, 2.24) is 0 Å². The SMILES string of the molecule is CCCOC(=O)c1ccc(NC(=O)C(CN)C(C)C)cc1. The van der Waals surface area contributed by atoms with Crippen LogP contribution in [0, 0.1) is 11.8 Å². The Bertz CT molecular complexity index is 469. The minimum Gasteiger partial charge on any atom is -0.462 e. The van der Waals surface area contributed by atoms with E-state index in [1.54, 1.807) is 24.3 Å². The number of esters is 1. The molecule has 0 aliphatic heterocycles. The average Bonchev–Trinajstić information content (AvgIpc) is 2.45. The molecule has 5 heteroatoms. The molecule has 5 nitrogen and oxygen atoms in total. The van der Waals surface area contributed by atoms with Crippen molar-refractivity contribution in [3.63, 3.8) is 0 Å². The van der Waals surface area contributed by atoms with E-state index in [0.717, 1.165) is 6.42 Å². The summed E-state index contributed by atoms with van der Waals surface area (Å²) in [6, 6.07) is 6.66. The number of nitrogens with one attached hydrogen (secondary N) is 1. The lowest BCUT2D eigenvalue weighted by atomic mass is 9.95. The van der Waals surface area contributed by atoms with Crippen LogP contribution in [-0.4, -0.2) is 25.0 Å². The van der Waals surface area contributed by atoms with Gasteiger partial charge in [-0.2, -0.15) is 0 Å². The van der Waals surface area contributed by atoms with Gasteiger partial charge in [-0.3, -0.25) is 4.79 Å². The zero-order chi connectivity index (χ0) is 15.8. The van der Waals surface area contributed by atoms with E-state index in [1.165, 1.54) is 0 Å². The van der Waals surface area contributed by atoms with E-state index >= 15 is 0 Å². The van der Waals surface area contributed by atoms with Gasteiger partial charge in [-0.1, -0.05) is 20.8 Å². The van der Waals surface area contributed by atoms with Crippen LogP contribution in [-0.2, 0) is 9.53 Å². The summed E-state index contributed by atoms with van der Waals surface area (Å²) in [5.41, 5.74) is 6.73. The lowest BCUT2D eigenvalue weighted by Gasteiger charge is -2.18. The molecule has 1 atom stereocenters. The van der Waals surface area contributed by atoms with Gasteiger partial charge in [0, 0.05) is 12.2 Å². The first kappa shape index (κ1) is 17.2. The summed E-state index contributed by atoms with van der Waals surface area (Å²) in [4.78, 5) is 23.7. The summed E-state index contributed by atoms with van der Waals surface area (Å²) in [5.74, 6) is -0.497. The number of ether oxygens (including phenoxy) is 1. The first-order valence-corrected chi connectivity index (χ1v) is 7.27. The minimum atomic E-state index is -0.350. The molecule has 1 rings (SSSR count). The molecule has 0 fully saturated rings. The first-order chi connectivity index (χ1) is 9.99. The van der Waals surface area contributed by atoms with E-state index in [9.17, 15) is 9.59 Å². The number of hydrogen-bond acceptors (Lipinski definition) is 4. The van der Waals surface area contributed by atoms with Crippen molar-refractivity contribution >= 4 is 17.6 Å². The Morgan fingerprint density at radius 2 is 1.86 bits per heavy atom. The van der Waals surface area contributed by atoms with Crippen molar-refractivity contribution in [3.05, 3.63) is 29.8 Å². The van der Waals surface area contributed by atoms with Crippen LogP contribution in [0.2, 0.25) is 0 Å². The molecule has 0 saturated carbocycles. The van der Waals surface area contributed by atoms with Gasteiger partial charge in [-0.25, -0.2) is 4.79 Å². The van der Waals surface area contributed by atoms with Crippen LogP contribution in [0.15, 0.2) is 24.3 Å². The van der Waals surface area contributed by atoms with Crippen LogP contribution < -0.4 is 11.1 Å². The minimum absolute atomic E-state index is 0.103. The number of amides is 1. The van der Waals surface area contributed by atoms with E-state index in [0.29, 0.717) is 24.4 Å². The van der Waals surface area contributed by atoms with E-state index < -0.39 is 0 Å². The van der Waals surface area contributed by atoms with Crippen LogP contribution in [0.4, 0.5) is 5.69 Å². The third kappa shape index (κ3) is 5.19. The largest absolute Gasteiger partial charge is 0.462 e. The summed E-state index contributed by atoms with van der Waals surface area (Å²) in [6.07, 6.45) is 0.787. The molecule has 0 aromatic heterocycles. The van der Waals surface area contributed by atoms with Crippen LogP contribution in [0.25, 0.3) is 0 Å². The fraction of sp³-hybridized carbons (Fsp3) is 0.500. The molecule has 0 bridgehead atoms. The molecule has 21 heavy (non-hydrogen) atoms. The summed E-state index contributed by atoms with van der Waals surface area (Å²) < 4.78 is 5.04. The molecule has 1 amide bonds. The number of anilines is 1. The second kappa shape index (κ2) is 8.42. The highest BCUT2D eigenvalue weighted by molar-refractivity contribution is 5.94. The molecule has 0 saturated heterocycles. The predicted octanol–water partition coefficient (Wildman–Crippen LogP) is 2.42. The smallest absolute Gasteiger partial charge is 0.338 e. The van der Waals surface area contributed by atoms with Crippen molar-refractivity contribution in [2.45, 2.75) is 27.2 Å². The quantitative estimate of drug-likeness (QED) is 0.756. The second-order valence-corrected chi connectivity index (χ2v) is 5.29. The molecule has 1 aromatic carbocycles. The Morgan fingerprint density at radius 3 is 2.33 bits per heavy atom. The third-order valence-corrected chi connectivity index (χ3v) is 3.22. The Kier molecular flexibility index (Phi) is 6.88. The van der Waals surface area contributed by atoms with Gasteiger partial charge in [0.2, 0.25) is 5.91 Å². The van der Waals surface area contributed by atoms with Crippen LogP contribution >= 0.6 is 0 Å². The lowest BCUT2D eigenvalue weighted by molar-refractivity contribution is -0.120. The number of carbonyl (C=O) groups excluding carboxylic acids is 2. The van der Waals surface area contributed by atoms with Crippen LogP contribution in [0.5, 0.6) is 0 Å². The van der Waals surface area contributed by atoms with Gasteiger partial charge in [0.05, 0.1) is 18.1 Å². The van der Waals surface area contributed by atoms with Gasteiger partial charge >= 0.3 is 5.97 Å². The van der Waals surface area contributed by atoms with Crippen molar-refractivity contribution in [3.8, 4) is 0 Å². The molecular weight excluding hydrogens is 268 g/mol. The molecule has 0 radical (unpaired) electrons. The van der Waals surface area contributed by atoms with Crippen LogP contribution in [0.3, 0.4) is 0 Å². The number of nitrogens with two attached hydrogens (primary N) is 1. The summed E-state index contributed by atoms with van der Waals surface area (Å²) >= 11 is 0. The fourth-order valence-electron chi connectivity index (χ4n) is 1.88. The van der Waals surface area contributed by atoms with Gasteiger partial charge in [0.25, 0.3) is 0 Å². The maximum atomic E-state index is 12.1. The molecule has 0 aliphatic carbocycles. The Balaban J connectivity index is 2.66. The molecule has 0 aliphatic rings. The van der Waals surface area contributed by atoms with Crippen molar-refractivity contribution in [2.75, 3.05) is 18.5 Å². The summed E-state index contributed by atoms with van der Waals surface area (Å²) in [7, 11) is 0. The summed E-state index contributed by atoms with van der Waals surface area (Å²) in [5, 5.41) is 2.81. The highest BCUT2D eigenvalue weighted by atomic mass is 16.5. The molecule has 1 unspecified atom stereocenters. The third-order valence-electron chi connectivity index (χ3n) is 3.22. The maximum Gasteiger partial charge on any atom is 0.338 e. The average molecular weight is 292 g/mol. The maximum absolute atomic E-state index is 12.1. The number of benzene rings is 1. The molecule has 0 spiro atoms. The van der Waals surface area contributed by atoms with Gasteiger partial charge in [-0.15, -0.1) is 0 Å². The summed E-state index contributed by atoms with van der Waals surface area (Å²) in [6.45, 7) is 6.58. The Morgan fingerprint density at radius 1 is 1.24 bits per heavy atom. The zero-order valence-electron chi connectivity index (χ0n) is 12.9. The standard InChI is InChI=1S/C16H24N2O3/c1-4-9-21-16(20)12-5-7-13(8-6-12)18-15(19)14(10-17)11(2)3/h5-8,11,14H,4,9-10,17H2,1-3H3,(H,18,19). The number of rotatable bonds is 7. The molecule has 0 heterocycles. The normalized spacial score (nSPS) is 12.0. The topological polar surface area (TPSA) is 81.4 Å². The molecule has 3 N–H and O–H groups in total. The van der Waals surface area contributed by atoms with Crippen molar-refractivity contribution < 1.29 is 14.3 Å². The van der Waals surface area contributed by atoms with Crippen molar-refractivity contribution in [2.24, 2.45) is 17.6 Å². The van der Waals surface area contributed by atoms with Gasteiger partial charge in [0.1, 0.15) is 0 Å². The van der Waals surface area contributed by atoms with E-state index in [4.69, 9.17) is 10.5 Å². The molecule has 1 aromatic rings. The highest BCUT2D eigenvalue weighted by Gasteiger charge is 2.20. The zero-order valence-corrected chi connectivity index (χ0v) is 12.9. The van der Waals surface area contributed by atoms with Gasteiger partial charge < -0.3 is 15.8 Å². The van der Waals surface area contributed by atoms with Crippen molar-refractivity contribution in [1.29, 1.82) is 0 Å². The second-order valence-electron chi connectivity index (χ2n) is 5.29. The number of carbonyl (C=O) groups is 2. The van der Waals surface area contributed by atoms with E-state index in [-0.39, 0.29) is 23.7 Å². The first-order valence-electron chi connectivity index (χ1n) is 7.27. The van der Waals surface area contributed by atoms with Gasteiger partial charge in [0.15, 0.2) is 0 Å². The molecule has 116 valence electrons. The van der Waals surface area contributed by atoms with E-state index in [2.05, 4.69) is 5.32 Å². The monoisotopic (exact) mass is 292 g/mol. The predicted molar refractivity (Wildman–Crippen MR) is 83.0 cm³/mol.